The molecule has 0 aromatic heterocycles. The predicted molar refractivity (Wildman–Crippen MR) is 75.7 cm³/mol. The predicted octanol–water partition coefficient (Wildman–Crippen LogP) is 4.76. The summed E-state index contributed by atoms with van der Waals surface area (Å²) >= 11 is 3.64. The molecule has 3 rings (SSSR count). The first-order chi connectivity index (χ1) is 8.33. The van der Waals surface area contributed by atoms with Crippen LogP contribution in [-0.2, 0) is 0 Å². The van der Waals surface area contributed by atoms with Crippen molar-refractivity contribution in [3.63, 3.8) is 0 Å². The summed E-state index contributed by atoms with van der Waals surface area (Å²) in [5, 5.41) is 4.79. The van der Waals surface area contributed by atoms with Crippen molar-refractivity contribution in [2.45, 2.75) is 0 Å². The van der Waals surface area contributed by atoms with Crippen molar-refractivity contribution >= 4 is 37.5 Å². The number of benzene rings is 3. The Bertz CT molecular complexity index is 704. The molecule has 17 heavy (non-hydrogen) atoms. The molecule has 0 aliphatic carbocycles. The van der Waals surface area contributed by atoms with Gasteiger partial charge in [0.2, 0.25) is 0 Å². The lowest BCUT2D eigenvalue weighted by atomic mass is 10.0. The van der Waals surface area contributed by atoms with Gasteiger partial charge in [-0.05, 0) is 26.7 Å². The van der Waals surface area contributed by atoms with Crippen molar-refractivity contribution in [3.8, 4) is 5.75 Å². The van der Waals surface area contributed by atoms with Crippen LogP contribution in [-0.4, -0.2) is 7.11 Å². The molecule has 0 N–H and O–H groups in total. The third kappa shape index (κ3) is 1.52. The van der Waals surface area contributed by atoms with Crippen LogP contribution in [0.15, 0.2) is 53.0 Å². The highest BCUT2D eigenvalue weighted by atomic mass is 79.9. The van der Waals surface area contributed by atoms with Crippen LogP contribution in [0.5, 0.6) is 5.75 Å². The van der Waals surface area contributed by atoms with Crippen LogP contribution in [0.3, 0.4) is 0 Å². The van der Waals surface area contributed by atoms with E-state index in [1.54, 1.807) is 7.11 Å². The highest BCUT2D eigenvalue weighted by Gasteiger charge is 2.11. The van der Waals surface area contributed by atoms with Gasteiger partial charge in [0, 0.05) is 10.8 Å². The molecule has 0 radical (unpaired) electrons. The Labute approximate surface area is 108 Å². The first-order valence-corrected chi connectivity index (χ1v) is 6.25. The molecule has 0 spiro atoms. The average Bonchev–Trinajstić information content (AvgIpc) is 2.40. The number of ether oxygens (including phenoxy) is 1. The molecular weight excluding hydrogens is 276 g/mol. The van der Waals surface area contributed by atoms with Crippen LogP contribution >= 0.6 is 15.9 Å². The number of hydrogen-bond acceptors (Lipinski definition) is 1. The Morgan fingerprint density at radius 1 is 0.765 bits per heavy atom. The molecule has 3 aromatic rings. The van der Waals surface area contributed by atoms with E-state index in [1.807, 2.05) is 12.1 Å². The van der Waals surface area contributed by atoms with Crippen LogP contribution in [0, 0.1) is 0 Å². The SMILES string of the molecule is COc1c(Br)c2ccccc2c2ccccc12. The molecule has 0 saturated carbocycles. The Balaban J connectivity index is 2.64. The van der Waals surface area contributed by atoms with Gasteiger partial charge in [-0.1, -0.05) is 48.5 Å². The van der Waals surface area contributed by atoms with Crippen molar-refractivity contribution in [2.24, 2.45) is 0 Å². The summed E-state index contributed by atoms with van der Waals surface area (Å²) in [6, 6.07) is 16.7. The van der Waals surface area contributed by atoms with E-state index in [9.17, 15) is 0 Å². The summed E-state index contributed by atoms with van der Waals surface area (Å²) in [6.07, 6.45) is 0. The van der Waals surface area contributed by atoms with Gasteiger partial charge in [-0.15, -0.1) is 0 Å². The van der Waals surface area contributed by atoms with E-state index in [0.717, 1.165) is 15.6 Å². The molecule has 0 aliphatic rings. The Kier molecular flexibility index (Phi) is 2.52. The molecule has 0 aliphatic heterocycles. The van der Waals surface area contributed by atoms with Gasteiger partial charge >= 0.3 is 0 Å². The van der Waals surface area contributed by atoms with Crippen LogP contribution in [0.2, 0.25) is 0 Å². The lowest BCUT2D eigenvalue weighted by molar-refractivity contribution is 0.418. The largest absolute Gasteiger partial charge is 0.495 e. The molecule has 0 fully saturated rings. The van der Waals surface area contributed by atoms with E-state index in [4.69, 9.17) is 4.74 Å². The Morgan fingerprint density at radius 2 is 1.24 bits per heavy atom. The highest BCUT2D eigenvalue weighted by Crippen LogP contribution is 2.40. The van der Waals surface area contributed by atoms with Gasteiger partial charge in [-0.3, -0.25) is 0 Å². The summed E-state index contributed by atoms with van der Waals surface area (Å²) in [5.74, 6) is 0.902. The normalized spacial score (nSPS) is 10.9. The quantitative estimate of drug-likeness (QED) is 0.586. The topological polar surface area (TPSA) is 9.23 Å². The van der Waals surface area contributed by atoms with E-state index >= 15 is 0 Å². The number of halogens is 1. The lowest BCUT2D eigenvalue weighted by Gasteiger charge is -2.12. The van der Waals surface area contributed by atoms with E-state index in [0.29, 0.717) is 0 Å². The monoisotopic (exact) mass is 286 g/mol. The van der Waals surface area contributed by atoms with E-state index in [1.165, 1.54) is 16.2 Å². The van der Waals surface area contributed by atoms with Gasteiger partial charge in [0.25, 0.3) is 0 Å². The third-order valence-corrected chi connectivity index (χ3v) is 3.82. The molecule has 1 nitrogen and oxygen atoms in total. The highest BCUT2D eigenvalue weighted by molar-refractivity contribution is 9.10. The number of rotatable bonds is 1. The smallest absolute Gasteiger partial charge is 0.141 e. The molecule has 0 bridgehead atoms. The van der Waals surface area contributed by atoms with Crippen LogP contribution in [0.4, 0.5) is 0 Å². The fourth-order valence-corrected chi connectivity index (χ4v) is 2.99. The minimum absolute atomic E-state index is 0.902. The zero-order chi connectivity index (χ0) is 11.8. The van der Waals surface area contributed by atoms with E-state index < -0.39 is 0 Å². The van der Waals surface area contributed by atoms with Crippen LogP contribution in [0.1, 0.15) is 0 Å². The van der Waals surface area contributed by atoms with Gasteiger partial charge in [0.15, 0.2) is 0 Å². The zero-order valence-electron chi connectivity index (χ0n) is 9.41. The summed E-state index contributed by atoms with van der Waals surface area (Å²) in [7, 11) is 1.71. The van der Waals surface area contributed by atoms with E-state index in [2.05, 4.69) is 52.3 Å². The molecule has 3 aromatic carbocycles. The average molecular weight is 287 g/mol. The van der Waals surface area contributed by atoms with Crippen molar-refractivity contribution in [2.75, 3.05) is 7.11 Å². The first-order valence-electron chi connectivity index (χ1n) is 5.46. The Morgan fingerprint density at radius 3 is 1.82 bits per heavy atom. The van der Waals surface area contributed by atoms with Gasteiger partial charge in [-0.25, -0.2) is 0 Å². The zero-order valence-corrected chi connectivity index (χ0v) is 11.0. The van der Waals surface area contributed by atoms with Crippen molar-refractivity contribution in [3.05, 3.63) is 53.0 Å². The molecule has 0 heterocycles. The molecule has 0 atom stereocenters. The maximum Gasteiger partial charge on any atom is 0.141 e. The summed E-state index contributed by atoms with van der Waals surface area (Å²) in [5.41, 5.74) is 0. The second kappa shape index (κ2) is 4.04. The number of hydrogen-bond donors (Lipinski definition) is 0. The molecule has 0 saturated heterocycles. The lowest BCUT2D eigenvalue weighted by Crippen LogP contribution is -1.88. The minimum atomic E-state index is 0.902. The summed E-state index contributed by atoms with van der Waals surface area (Å²) in [4.78, 5) is 0. The molecule has 0 unspecified atom stereocenters. The second-order valence-corrected chi connectivity index (χ2v) is 4.73. The van der Waals surface area contributed by atoms with Crippen LogP contribution in [0.25, 0.3) is 21.5 Å². The van der Waals surface area contributed by atoms with Gasteiger partial charge in [0.05, 0.1) is 11.6 Å². The Hall–Kier alpha value is -1.54. The molecule has 84 valence electrons. The fourth-order valence-electron chi connectivity index (χ4n) is 2.27. The van der Waals surface area contributed by atoms with Gasteiger partial charge in [0.1, 0.15) is 5.75 Å². The third-order valence-electron chi connectivity index (χ3n) is 3.03. The maximum atomic E-state index is 5.52. The second-order valence-electron chi connectivity index (χ2n) is 3.94. The van der Waals surface area contributed by atoms with Crippen molar-refractivity contribution < 1.29 is 4.74 Å². The minimum Gasteiger partial charge on any atom is -0.495 e. The van der Waals surface area contributed by atoms with Gasteiger partial charge < -0.3 is 4.74 Å². The fraction of sp³-hybridized carbons (Fsp3) is 0.0667. The number of methoxy groups -OCH3 is 1. The van der Waals surface area contributed by atoms with Crippen molar-refractivity contribution in [1.82, 2.24) is 0 Å². The summed E-state index contributed by atoms with van der Waals surface area (Å²) < 4.78 is 6.54. The molecular formula is C15H11BrO. The number of fused-ring (bicyclic) bond motifs is 3. The standard InChI is InChI=1S/C15H11BrO/c1-17-15-13-9-5-3-7-11(13)10-6-2-4-8-12(10)14(15)16/h2-9H,1H3. The van der Waals surface area contributed by atoms with Crippen molar-refractivity contribution in [1.29, 1.82) is 0 Å². The van der Waals surface area contributed by atoms with Gasteiger partial charge in [-0.2, -0.15) is 0 Å². The first kappa shape index (κ1) is 10.6. The molecule has 2 heteroatoms. The molecule has 0 amide bonds. The summed E-state index contributed by atoms with van der Waals surface area (Å²) in [6.45, 7) is 0. The van der Waals surface area contributed by atoms with Crippen LogP contribution < -0.4 is 4.74 Å². The maximum absolute atomic E-state index is 5.52. The van der Waals surface area contributed by atoms with E-state index in [-0.39, 0.29) is 0 Å².